The quantitative estimate of drug-likeness (QED) is 0.885. The van der Waals surface area contributed by atoms with Crippen molar-refractivity contribution in [2.75, 3.05) is 20.3 Å². The minimum absolute atomic E-state index is 0.142. The maximum Gasteiger partial charge on any atom is 0.123 e. The molecule has 0 amide bonds. The number of methoxy groups -OCH3 is 1. The van der Waals surface area contributed by atoms with Gasteiger partial charge >= 0.3 is 0 Å². The Morgan fingerprint density at radius 1 is 1.33 bits per heavy atom. The second-order valence-electron chi connectivity index (χ2n) is 6.49. The van der Waals surface area contributed by atoms with Gasteiger partial charge in [0.25, 0.3) is 0 Å². The highest BCUT2D eigenvalue weighted by Gasteiger charge is 2.33. The molecule has 3 rings (SSSR count). The molecule has 0 saturated carbocycles. The Morgan fingerprint density at radius 3 is 2.83 bits per heavy atom. The predicted molar refractivity (Wildman–Crippen MR) is 94.2 cm³/mol. The molecule has 1 aliphatic heterocycles. The van der Waals surface area contributed by atoms with Crippen LogP contribution in [0.1, 0.15) is 35.0 Å². The minimum Gasteiger partial charge on any atom is -0.496 e. The number of hydrogen-bond donors (Lipinski definition) is 1. The van der Waals surface area contributed by atoms with E-state index >= 15 is 0 Å². The zero-order valence-electron chi connectivity index (χ0n) is 15.0. The molecule has 0 bridgehead atoms. The van der Waals surface area contributed by atoms with Crippen molar-refractivity contribution >= 4 is 0 Å². The molecule has 5 nitrogen and oxygen atoms in total. The summed E-state index contributed by atoms with van der Waals surface area (Å²) in [4.78, 5) is 0. The van der Waals surface area contributed by atoms with E-state index < -0.39 is 0 Å². The zero-order valence-corrected chi connectivity index (χ0v) is 15.0. The van der Waals surface area contributed by atoms with E-state index in [1.807, 2.05) is 29.9 Å². The molecule has 2 aromatic rings. The number of rotatable bonds is 6. The molecule has 130 valence electrons. The van der Waals surface area contributed by atoms with Crippen molar-refractivity contribution in [3.8, 4) is 5.75 Å². The van der Waals surface area contributed by atoms with Crippen molar-refractivity contribution in [2.24, 2.45) is 13.0 Å². The van der Waals surface area contributed by atoms with Gasteiger partial charge in [-0.25, -0.2) is 0 Å². The number of hydrogen-bond acceptors (Lipinski definition) is 4. The third-order valence-electron chi connectivity index (χ3n) is 4.98. The van der Waals surface area contributed by atoms with Crippen molar-refractivity contribution in [1.29, 1.82) is 0 Å². The summed E-state index contributed by atoms with van der Waals surface area (Å²) in [6.07, 6.45) is 1.22. The van der Waals surface area contributed by atoms with Crippen LogP contribution in [0.25, 0.3) is 0 Å². The van der Waals surface area contributed by atoms with Crippen molar-refractivity contribution in [2.45, 2.75) is 32.9 Å². The van der Waals surface area contributed by atoms with E-state index in [4.69, 9.17) is 9.47 Å². The van der Waals surface area contributed by atoms with Crippen LogP contribution in [0.4, 0.5) is 0 Å². The van der Waals surface area contributed by atoms with Crippen LogP contribution in [0.15, 0.2) is 24.3 Å². The van der Waals surface area contributed by atoms with E-state index in [9.17, 15) is 0 Å². The van der Waals surface area contributed by atoms with Crippen molar-refractivity contribution in [1.82, 2.24) is 15.1 Å². The molecule has 0 spiro atoms. The summed E-state index contributed by atoms with van der Waals surface area (Å²) < 4.78 is 13.4. The number of aromatic nitrogens is 2. The van der Waals surface area contributed by atoms with E-state index in [0.717, 1.165) is 37.6 Å². The Bertz CT molecular complexity index is 696. The molecule has 2 atom stereocenters. The van der Waals surface area contributed by atoms with Gasteiger partial charge in [0, 0.05) is 49.5 Å². The van der Waals surface area contributed by atoms with E-state index in [2.05, 4.69) is 30.3 Å². The highest BCUT2D eigenvalue weighted by atomic mass is 16.5. The summed E-state index contributed by atoms with van der Waals surface area (Å²) >= 11 is 0. The third-order valence-corrected chi connectivity index (χ3v) is 4.98. The third kappa shape index (κ3) is 3.32. The Hall–Kier alpha value is -1.85. The maximum atomic E-state index is 6.06. The second-order valence-corrected chi connectivity index (χ2v) is 6.49. The summed E-state index contributed by atoms with van der Waals surface area (Å²) in [6, 6.07) is 8.14. The van der Waals surface area contributed by atoms with E-state index in [1.54, 1.807) is 7.11 Å². The fourth-order valence-corrected chi connectivity index (χ4v) is 3.60. The molecular weight excluding hydrogens is 302 g/mol. The Labute approximate surface area is 144 Å². The molecule has 0 aliphatic carbocycles. The first-order valence-electron chi connectivity index (χ1n) is 8.56. The first kappa shape index (κ1) is 17.0. The van der Waals surface area contributed by atoms with Crippen LogP contribution in [0.3, 0.4) is 0 Å². The van der Waals surface area contributed by atoms with Gasteiger partial charge in [0.1, 0.15) is 5.75 Å². The monoisotopic (exact) mass is 329 g/mol. The average molecular weight is 329 g/mol. The van der Waals surface area contributed by atoms with Crippen LogP contribution in [-0.4, -0.2) is 30.0 Å². The molecule has 1 saturated heterocycles. The number of nitrogens with one attached hydrogen (secondary N) is 1. The fraction of sp³-hybridized carbons (Fsp3) is 0.526. The van der Waals surface area contributed by atoms with Gasteiger partial charge < -0.3 is 14.8 Å². The highest BCUT2D eigenvalue weighted by molar-refractivity contribution is 5.33. The Balaban J connectivity index is 1.64. The summed E-state index contributed by atoms with van der Waals surface area (Å²) in [7, 11) is 3.71. The molecule has 2 heterocycles. The van der Waals surface area contributed by atoms with Crippen LogP contribution in [0, 0.1) is 19.8 Å². The highest BCUT2D eigenvalue weighted by Crippen LogP contribution is 2.37. The molecule has 24 heavy (non-hydrogen) atoms. The molecule has 1 fully saturated rings. The van der Waals surface area contributed by atoms with Crippen LogP contribution in [0.5, 0.6) is 5.75 Å². The normalized spacial score (nSPS) is 20.5. The summed E-state index contributed by atoms with van der Waals surface area (Å²) in [5, 5.41) is 8.12. The Kier molecular flexibility index (Phi) is 5.21. The standard InChI is InChI=1S/C19H27N3O2/c1-13-18(14(2)22(3)21-13)19-16(9-10-24-19)12-20-11-15-7-5-6-8-17(15)23-4/h5-8,16,19-20H,9-12H2,1-4H3. The molecule has 0 radical (unpaired) electrons. The molecule has 1 N–H and O–H groups in total. The van der Waals surface area contributed by atoms with Gasteiger partial charge in [-0.1, -0.05) is 18.2 Å². The molecule has 5 heteroatoms. The number of nitrogens with zero attached hydrogens (tertiary/aromatic N) is 2. The molecule has 1 aromatic carbocycles. The van der Waals surface area contributed by atoms with Gasteiger partial charge in [0.2, 0.25) is 0 Å². The van der Waals surface area contributed by atoms with Gasteiger partial charge in [0.05, 0.1) is 18.9 Å². The molecule has 1 aliphatic rings. The zero-order chi connectivity index (χ0) is 17.1. The number of benzene rings is 1. The molecule has 2 unspecified atom stereocenters. The van der Waals surface area contributed by atoms with Gasteiger partial charge in [-0.05, 0) is 26.3 Å². The fourth-order valence-electron chi connectivity index (χ4n) is 3.60. The summed E-state index contributed by atoms with van der Waals surface area (Å²) in [5.74, 6) is 1.41. The van der Waals surface area contributed by atoms with Crippen LogP contribution in [0.2, 0.25) is 0 Å². The Morgan fingerprint density at radius 2 is 2.12 bits per heavy atom. The van der Waals surface area contributed by atoms with Crippen molar-refractivity contribution in [3.05, 3.63) is 46.8 Å². The molecular formula is C19H27N3O2. The van der Waals surface area contributed by atoms with E-state index in [0.29, 0.717) is 5.92 Å². The van der Waals surface area contributed by atoms with Crippen LogP contribution in [-0.2, 0) is 18.3 Å². The maximum absolute atomic E-state index is 6.06. The van der Waals surface area contributed by atoms with Crippen molar-refractivity contribution in [3.63, 3.8) is 0 Å². The van der Waals surface area contributed by atoms with E-state index in [-0.39, 0.29) is 6.10 Å². The second kappa shape index (κ2) is 7.36. The molecule has 1 aromatic heterocycles. The van der Waals surface area contributed by atoms with Crippen LogP contribution >= 0.6 is 0 Å². The smallest absolute Gasteiger partial charge is 0.123 e. The predicted octanol–water partition coefficient (Wildman–Crippen LogP) is 2.91. The van der Waals surface area contributed by atoms with Crippen LogP contribution < -0.4 is 10.1 Å². The lowest BCUT2D eigenvalue weighted by Crippen LogP contribution is -2.25. The van der Waals surface area contributed by atoms with Gasteiger partial charge in [-0.3, -0.25) is 4.68 Å². The van der Waals surface area contributed by atoms with Gasteiger partial charge in [0.15, 0.2) is 0 Å². The number of aryl methyl sites for hydroxylation is 2. The number of ether oxygens (including phenoxy) is 2. The van der Waals surface area contributed by atoms with E-state index in [1.165, 1.54) is 16.8 Å². The average Bonchev–Trinajstić information content (AvgIpc) is 3.12. The lowest BCUT2D eigenvalue weighted by molar-refractivity contribution is 0.0893. The minimum atomic E-state index is 0.142. The lowest BCUT2D eigenvalue weighted by Gasteiger charge is -2.20. The first-order valence-corrected chi connectivity index (χ1v) is 8.56. The van der Waals surface area contributed by atoms with Gasteiger partial charge in [-0.15, -0.1) is 0 Å². The number of para-hydroxylation sites is 1. The van der Waals surface area contributed by atoms with Crippen molar-refractivity contribution < 1.29 is 9.47 Å². The SMILES string of the molecule is COc1ccccc1CNCC1CCOC1c1c(C)nn(C)c1C. The lowest BCUT2D eigenvalue weighted by atomic mass is 9.94. The summed E-state index contributed by atoms with van der Waals surface area (Å²) in [5.41, 5.74) is 4.73. The summed E-state index contributed by atoms with van der Waals surface area (Å²) in [6.45, 7) is 6.74. The topological polar surface area (TPSA) is 48.3 Å². The largest absolute Gasteiger partial charge is 0.496 e. The van der Waals surface area contributed by atoms with Gasteiger partial charge in [-0.2, -0.15) is 5.10 Å². The first-order chi connectivity index (χ1) is 11.6.